The second-order valence-corrected chi connectivity index (χ2v) is 5.00. The zero-order valence-corrected chi connectivity index (χ0v) is 10.8. The van der Waals surface area contributed by atoms with E-state index in [1.165, 1.54) is 25.0 Å². The summed E-state index contributed by atoms with van der Waals surface area (Å²) in [5.41, 5.74) is 2.76. The zero-order chi connectivity index (χ0) is 13.0. The van der Waals surface area contributed by atoms with Crippen LogP contribution in [0.5, 0.6) is 0 Å². The first-order chi connectivity index (χ1) is 8.66. The Morgan fingerprint density at radius 1 is 1.28 bits per heavy atom. The van der Waals surface area contributed by atoms with Crippen LogP contribution in [0.2, 0.25) is 0 Å². The van der Waals surface area contributed by atoms with Crippen LogP contribution in [-0.2, 0) is 11.2 Å². The molecule has 0 amide bonds. The first-order valence-electron chi connectivity index (χ1n) is 6.64. The fourth-order valence-electron chi connectivity index (χ4n) is 2.41. The number of halogens is 1. The molecule has 1 aliphatic rings. The molecular formula is C16H19FO. The first kappa shape index (κ1) is 13.0. The lowest BCUT2D eigenvalue weighted by molar-refractivity contribution is -0.115. The van der Waals surface area contributed by atoms with Crippen LogP contribution in [0, 0.1) is 12.7 Å². The Hall–Kier alpha value is -1.44. The van der Waals surface area contributed by atoms with Gasteiger partial charge in [-0.05, 0) is 61.4 Å². The lowest BCUT2D eigenvalue weighted by atomic mass is 9.97. The minimum atomic E-state index is -0.239. The number of benzene rings is 1. The van der Waals surface area contributed by atoms with Crippen molar-refractivity contribution >= 4 is 5.78 Å². The third-order valence-electron chi connectivity index (χ3n) is 3.55. The van der Waals surface area contributed by atoms with Crippen LogP contribution < -0.4 is 0 Å². The summed E-state index contributed by atoms with van der Waals surface area (Å²) in [4.78, 5) is 12.2. The predicted octanol–water partition coefficient (Wildman–Crippen LogP) is 4.14. The summed E-state index contributed by atoms with van der Waals surface area (Å²) in [6, 6.07) is 4.64. The van der Waals surface area contributed by atoms with Crippen LogP contribution in [0.25, 0.3) is 0 Å². The summed E-state index contributed by atoms with van der Waals surface area (Å²) in [5, 5.41) is 0. The highest BCUT2D eigenvalue weighted by Gasteiger charge is 2.13. The molecule has 0 unspecified atom stereocenters. The number of allylic oxidation sites excluding steroid dienone is 2. The lowest BCUT2D eigenvalue weighted by Crippen LogP contribution is -2.07. The second-order valence-electron chi connectivity index (χ2n) is 5.00. The first-order valence-corrected chi connectivity index (χ1v) is 6.64. The molecule has 0 spiro atoms. The van der Waals surface area contributed by atoms with Crippen molar-refractivity contribution in [3.8, 4) is 0 Å². The van der Waals surface area contributed by atoms with Gasteiger partial charge in [-0.15, -0.1) is 0 Å². The van der Waals surface area contributed by atoms with Crippen molar-refractivity contribution in [2.45, 2.75) is 45.4 Å². The topological polar surface area (TPSA) is 17.1 Å². The van der Waals surface area contributed by atoms with Gasteiger partial charge < -0.3 is 0 Å². The maximum absolute atomic E-state index is 13.0. The Kier molecular flexibility index (Phi) is 4.29. The molecule has 2 rings (SSSR count). The normalized spacial score (nSPS) is 16.0. The molecule has 1 aromatic rings. The van der Waals surface area contributed by atoms with Crippen molar-refractivity contribution in [2.24, 2.45) is 0 Å². The molecule has 0 heterocycles. The van der Waals surface area contributed by atoms with Crippen molar-refractivity contribution in [1.29, 1.82) is 0 Å². The number of hydrogen-bond acceptors (Lipinski definition) is 1. The van der Waals surface area contributed by atoms with Gasteiger partial charge in [-0.1, -0.05) is 18.6 Å². The predicted molar refractivity (Wildman–Crippen MR) is 71.0 cm³/mol. The monoisotopic (exact) mass is 246 g/mol. The molecule has 96 valence electrons. The SMILES string of the molecule is Cc1cc(F)ccc1CC(=O)C1=CCCCCC1. The van der Waals surface area contributed by atoms with Gasteiger partial charge in [0.25, 0.3) is 0 Å². The van der Waals surface area contributed by atoms with Crippen molar-refractivity contribution in [3.63, 3.8) is 0 Å². The van der Waals surface area contributed by atoms with Crippen LogP contribution in [0.4, 0.5) is 4.39 Å². The van der Waals surface area contributed by atoms with E-state index in [9.17, 15) is 9.18 Å². The van der Waals surface area contributed by atoms with E-state index in [1.807, 2.05) is 6.92 Å². The van der Waals surface area contributed by atoms with Gasteiger partial charge in [0.2, 0.25) is 0 Å². The van der Waals surface area contributed by atoms with Crippen LogP contribution >= 0.6 is 0 Å². The lowest BCUT2D eigenvalue weighted by Gasteiger charge is -2.07. The number of ketones is 1. The summed E-state index contributed by atoms with van der Waals surface area (Å²) in [5.74, 6) is -0.0380. The molecule has 0 aliphatic heterocycles. The van der Waals surface area contributed by atoms with E-state index in [0.717, 1.165) is 36.0 Å². The number of rotatable bonds is 3. The Balaban J connectivity index is 2.08. The molecule has 1 aliphatic carbocycles. The maximum atomic E-state index is 13.0. The maximum Gasteiger partial charge on any atom is 0.162 e. The highest BCUT2D eigenvalue weighted by atomic mass is 19.1. The minimum Gasteiger partial charge on any atom is -0.294 e. The average Bonchev–Trinajstić information content (AvgIpc) is 2.61. The number of Topliss-reactive ketones (excluding diaryl/α,β-unsaturated/α-hetero) is 1. The van der Waals surface area contributed by atoms with Crippen LogP contribution in [0.3, 0.4) is 0 Å². The van der Waals surface area contributed by atoms with E-state index in [0.29, 0.717) is 6.42 Å². The third kappa shape index (κ3) is 3.28. The summed E-state index contributed by atoms with van der Waals surface area (Å²) in [6.45, 7) is 1.85. The van der Waals surface area contributed by atoms with Crippen LogP contribution in [0.15, 0.2) is 29.8 Å². The summed E-state index contributed by atoms with van der Waals surface area (Å²) < 4.78 is 13.0. The van der Waals surface area contributed by atoms with Crippen LogP contribution in [0.1, 0.15) is 43.2 Å². The molecule has 0 N–H and O–H groups in total. The molecular weight excluding hydrogens is 227 g/mol. The Morgan fingerprint density at radius 2 is 2.11 bits per heavy atom. The molecule has 0 saturated carbocycles. The quantitative estimate of drug-likeness (QED) is 0.783. The van der Waals surface area contributed by atoms with E-state index < -0.39 is 0 Å². The molecule has 0 fully saturated rings. The Morgan fingerprint density at radius 3 is 2.89 bits per heavy atom. The van der Waals surface area contributed by atoms with Crippen molar-refractivity contribution < 1.29 is 9.18 Å². The molecule has 2 heteroatoms. The van der Waals surface area contributed by atoms with Crippen LogP contribution in [-0.4, -0.2) is 5.78 Å². The number of carbonyl (C=O) groups is 1. The third-order valence-corrected chi connectivity index (χ3v) is 3.55. The van der Waals surface area contributed by atoms with Gasteiger partial charge in [-0.25, -0.2) is 4.39 Å². The highest BCUT2D eigenvalue weighted by Crippen LogP contribution is 2.20. The van der Waals surface area contributed by atoms with Gasteiger partial charge in [-0.2, -0.15) is 0 Å². The number of carbonyl (C=O) groups excluding carboxylic acids is 1. The molecule has 0 bridgehead atoms. The summed E-state index contributed by atoms with van der Waals surface area (Å²) >= 11 is 0. The minimum absolute atomic E-state index is 0.201. The van der Waals surface area contributed by atoms with Crippen molar-refractivity contribution in [2.75, 3.05) is 0 Å². The van der Waals surface area contributed by atoms with E-state index >= 15 is 0 Å². The summed E-state index contributed by atoms with van der Waals surface area (Å²) in [7, 11) is 0. The van der Waals surface area contributed by atoms with Gasteiger partial charge in [0, 0.05) is 6.42 Å². The van der Waals surface area contributed by atoms with E-state index in [1.54, 1.807) is 6.07 Å². The smallest absolute Gasteiger partial charge is 0.162 e. The van der Waals surface area contributed by atoms with Gasteiger partial charge in [0.05, 0.1) is 0 Å². The molecule has 0 saturated heterocycles. The second kappa shape index (κ2) is 5.94. The molecule has 18 heavy (non-hydrogen) atoms. The Labute approximate surface area is 108 Å². The largest absolute Gasteiger partial charge is 0.294 e. The molecule has 1 nitrogen and oxygen atoms in total. The number of aryl methyl sites for hydroxylation is 1. The Bertz CT molecular complexity index is 474. The fourth-order valence-corrected chi connectivity index (χ4v) is 2.41. The van der Waals surface area contributed by atoms with Crippen molar-refractivity contribution in [3.05, 3.63) is 46.8 Å². The fraction of sp³-hybridized carbons (Fsp3) is 0.438. The molecule has 0 atom stereocenters. The van der Waals surface area contributed by atoms with Gasteiger partial charge >= 0.3 is 0 Å². The van der Waals surface area contributed by atoms with Gasteiger partial charge in [0.1, 0.15) is 5.82 Å². The summed E-state index contributed by atoms with van der Waals surface area (Å²) in [6.07, 6.45) is 7.92. The molecule has 0 radical (unpaired) electrons. The van der Waals surface area contributed by atoms with E-state index in [-0.39, 0.29) is 11.6 Å². The van der Waals surface area contributed by atoms with Gasteiger partial charge in [0.15, 0.2) is 5.78 Å². The zero-order valence-electron chi connectivity index (χ0n) is 10.8. The van der Waals surface area contributed by atoms with Crippen molar-refractivity contribution in [1.82, 2.24) is 0 Å². The molecule has 0 aromatic heterocycles. The van der Waals surface area contributed by atoms with Gasteiger partial charge in [-0.3, -0.25) is 4.79 Å². The average molecular weight is 246 g/mol. The molecule has 1 aromatic carbocycles. The highest BCUT2D eigenvalue weighted by molar-refractivity contribution is 5.96. The standard InChI is InChI=1S/C16H19FO/c1-12-10-15(17)9-8-14(12)11-16(18)13-6-4-2-3-5-7-13/h6,8-10H,2-5,7,11H2,1H3. The van der Waals surface area contributed by atoms with E-state index in [2.05, 4.69) is 6.08 Å². The number of hydrogen-bond donors (Lipinski definition) is 0. The van der Waals surface area contributed by atoms with E-state index in [4.69, 9.17) is 0 Å².